The zero-order valence-corrected chi connectivity index (χ0v) is 38.7. The van der Waals surface area contributed by atoms with Crippen molar-refractivity contribution in [2.24, 2.45) is 0 Å². The van der Waals surface area contributed by atoms with Crippen molar-refractivity contribution in [3.63, 3.8) is 0 Å². The molecule has 4 amide bonds. The van der Waals surface area contributed by atoms with Crippen molar-refractivity contribution < 1.29 is 33.0 Å². The predicted octanol–water partition coefficient (Wildman–Crippen LogP) is 7.26. The molecule has 70 heavy (non-hydrogen) atoms. The van der Waals surface area contributed by atoms with Gasteiger partial charge in [0, 0.05) is 68.8 Å². The maximum atomic E-state index is 15.3. The van der Waals surface area contributed by atoms with E-state index in [9.17, 15) is 24.0 Å². The number of pyridine rings is 1. The maximum Gasteiger partial charge on any atom is 0.410 e. The Morgan fingerprint density at radius 3 is 2.21 bits per heavy atom. The molecule has 1 aliphatic carbocycles. The molecule has 1 fully saturated rings. The minimum Gasteiger partial charge on any atom is -0.448 e. The topological polar surface area (TPSA) is 167 Å². The number of piperazine rings is 1. The van der Waals surface area contributed by atoms with E-state index in [1.807, 2.05) is 60.7 Å². The molecule has 0 unspecified atom stereocenters. The molecular formula is C55H52FN7O7. The van der Waals surface area contributed by atoms with Gasteiger partial charge in [0.1, 0.15) is 24.7 Å². The van der Waals surface area contributed by atoms with Gasteiger partial charge in [0.15, 0.2) is 0 Å². The summed E-state index contributed by atoms with van der Waals surface area (Å²) in [6.07, 6.45) is 2.17. The number of aryl methyl sites for hydroxylation is 1. The van der Waals surface area contributed by atoms with Crippen LogP contribution >= 0.6 is 0 Å². The molecule has 0 spiro atoms. The smallest absolute Gasteiger partial charge is 0.410 e. The molecule has 0 atom stereocenters. The number of aromatic amines is 1. The second-order valence-electron chi connectivity index (χ2n) is 17.3. The number of nitrogens with one attached hydrogen (secondary N) is 2. The molecule has 356 valence electrons. The van der Waals surface area contributed by atoms with Crippen LogP contribution in [0.15, 0.2) is 138 Å². The van der Waals surface area contributed by atoms with Gasteiger partial charge < -0.3 is 24.6 Å². The molecule has 14 nitrogen and oxygen atoms in total. The van der Waals surface area contributed by atoms with Crippen LogP contribution in [0.3, 0.4) is 0 Å². The van der Waals surface area contributed by atoms with Gasteiger partial charge in [-0.25, -0.2) is 14.3 Å². The first-order valence-corrected chi connectivity index (χ1v) is 23.5. The molecule has 3 heterocycles. The molecule has 0 saturated carbocycles. The van der Waals surface area contributed by atoms with E-state index in [2.05, 4.69) is 51.7 Å². The third-order valence-corrected chi connectivity index (χ3v) is 12.9. The number of carbonyl (C=O) groups is 4. The number of rotatable bonds is 16. The van der Waals surface area contributed by atoms with Gasteiger partial charge in [0.25, 0.3) is 17.4 Å². The fraction of sp³-hybridized carbons (Fsp3) is 0.255. The second-order valence-corrected chi connectivity index (χ2v) is 17.3. The predicted molar refractivity (Wildman–Crippen MR) is 263 cm³/mol. The summed E-state index contributed by atoms with van der Waals surface area (Å²) < 4.78 is 27.1. The number of hydrogen-bond donors (Lipinski definition) is 2. The minimum atomic E-state index is -0.683. The standard InChI is InChI=1S/C55H52FN7O7/c1-2-36-10-9-11-38(30-36)39-19-21-49(58-33-39)53(66)57-22-28-69-29-27-63(55(68)70-35-47-42-14-5-3-12-40(42)41-13-4-6-15-43(41)47)34-51(64)61-23-25-62(26-24-61)54(67)46-31-37(18-20-48(46)56)32-50-44-16-7-8-17-45(44)52(65)60-59-50/h3-21,30-31,33,47H,2,22-29,32,34-35H2,1H3,(H,57,66)(H,60,65). The van der Waals surface area contributed by atoms with E-state index in [0.717, 1.165) is 39.8 Å². The van der Waals surface area contributed by atoms with Crippen LogP contribution < -0.4 is 10.9 Å². The van der Waals surface area contributed by atoms with Crippen LogP contribution in [-0.2, 0) is 27.1 Å². The average Bonchev–Trinajstić information content (AvgIpc) is 3.72. The molecule has 1 saturated heterocycles. The number of nitrogens with zero attached hydrogens (tertiary/aromatic N) is 5. The normalized spacial score (nSPS) is 13.2. The Morgan fingerprint density at radius 1 is 0.771 bits per heavy atom. The Hall–Kier alpha value is -8.04. The highest BCUT2D eigenvalue weighted by molar-refractivity contribution is 5.95. The summed E-state index contributed by atoms with van der Waals surface area (Å²) in [7, 11) is 0. The summed E-state index contributed by atoms with van der Waals surface area (Å²) in [6.45, 7) is 2.87. The number of H-pyrrole nitrogens is 1. The van der Waals surface area contributed by atoms with E-state index in [1.165, 1.54) is 27.5 Å². The van der Waals surface area contributed by atoms with Gasteiger partial charge in [-0.1, -0.05) is 110 Å². The summed E-state index contributed by atoms with van der Waals surface area (Å²) in [5.74, 6) is -2.08. The fourth-order valence-corrected chi connectivity index (χ4v) is 9.13. The van der Waals surface area contributed by atoms with Gasteiger partial charge in [0.05, 0.1) is 29.9 Å². The van der Waals surface area contributed by atoms with Gasteiger partial charge in [-0.05, 0) is 69.6 Å². The molecule has 2 aliphatic rings. The quantitative estimate of drug-likeness (QED) is 0.0949. The van der Waals surface area contributed by atoms with E-state index >= 15 is 4.39 Å². The lowest BCUT2D eigenvalue weighted by Gasteiger charge is -2.36. The van der Waals surface area contributed by atoms with Crippen LogP contribution in [0.5, 0.6) is 0 Å². The van der Waals surface area contributed by atoms with E-state index in [4.69, 9.17) is 9.47 Å². The molecule has 0 bridgehead atoms. The lowest BCUT2D eigenvalue weighted by molar-refractivity contribution is -0.133. The van der Waals surface area contributed by atoms with Crippen LogP contribution in [0.1, 0.15) is 61.6 Å². The summed E-state index contributed by atoms with van der Waals surface area (Å²) in [4.78, 5) is 75.6. The Kier molecular flexibility index (Phi) is 14.5. The Bertz CT molecular complexity index is 3070. The summed E-state index contributed by atoms with van der Waals surface area (Å²) in [5, 5.41) is 10.7. The highest BCUT2D eigenvalue weighted by Crippen LogP contribution is 2.44. The van der Waals surface area contributed by atoms with Crippen molar-refractivity contribution in [2.75, 3.05) is 65.6 Å². The molecular weight excluding hydrogens is 890 g/mol. The summed E-state index contributed by atoms with van der Waals surface area (Å²) in [5.41, 5.74) is 8.50. The van der Waals surface area contributed by atoms with E-state index in [1.54, 1.807) is 41.4 Å². The van der Waals surface area contributed by atoms with Crippen molar-refractivity contribution in [3.05, 3.63) is 189 Å². The van der Waals surface area contributed by atoms with Crippen molar-refractivity contribution in [1.29, 1.82) is 0 Å². The van der Waals surface area contributed by atoms with E-state index in [0.29, 0.717) is 22.0 Å². The molecule has 15 heteroatoms. The van der Waals surface area contributed by atoms with E-state index in [-0.39, 0.29) is 107 Å². The van der Waals surface area contributed by atoms with Gasteiger partial charge in [-0.3, -0.25) is 29.1 Å². The monoisotopic (exact) mass is 941 g/mol. The lowest BCUT2D eigenvalue weighted by atomic mass is 9.98. The van der Waals surface area contributed by atoms with Crippen molar-refractivity contribution in [3.8, 4) is 22.3 Å². The minimum absolute atomic E-state index is 0.0249. The molecule has 1 aliphatic heterocycles. The number of halogens is 1. The molecule has 5 aromatic carbocycles. The number of ether oxygens (including phenoxy) is 2. The number of amides is 4. The first kappa shape index (κ1) is 47.0. The van der Waals surface area contributed by atoms with Crippen molar-refractivity contribution in [2.45, 2.75) is 25.7 Å². The van der Waals surface area contributed by atoms with Gasteiger partial charge >= 0.3 is 6.09 Å². The first-order chi connectivity index (χ1) is 34.1. The van der Waals surface area contributed by atoms with Crippen LogP contribution in [-0.4, -0.2) is 119 Å². The lowest BCUT2D eigenvalue weighted by Crippen LogP contribution is -2.53. The first-order valence-electron chi connectivity index (χ1n) is 23.5. The van der Waals surface area contributed by atoms with Gasteiger partial charge in [0.2, 0.25) is 5.91 Å². The average molecular weight is 942 g/mol. The molecule has 2 N–H and O–H groups in total. The third-order valence-electron chi connectivity index (χ3n) is 12.9. The van der Waals surface area contributed by atoms with Gasteiger partial charge in [-0.15, -0.1) is 0 Å². The van der Waals surface area contributed by atoms with Crippen LogP contribution in [0, 0.1) is 5.82 Å². The number of benzene rings is 5. The molecule has 9 rings (SSSR count). The largest absolute Gasteiger partial charge is 0.448 e. The zero-order chi connectivity index (χ0) is 48.6. The number of aromatic nitrogens is 3. The van der Waals surface area contributed by atoms with Crippen LogP contribution in [0.25, 0.3) is 33.0 Å². The number of hydrogen-bond acceptors (Lipinski definition) is 9. The van der Waals surface area contributed by atoms with E-state index < -0.39 is 17.8 Å². The maximum absolute atomic E-state index is 15.3. The highest BCUT2D eigenvalue weighted by Gasteiger charge is 2.32. The van der Waals surface area contributed by atoms with Crippen LogP contribution in [0.2, 0.25) is 0 Å². The van der Waals surface area contributed by atoms with Crippen molar-refractivity contribution >= 4 is 34.6 Å². The molecule has 0 radical (unpaired) electrons. The second kappa shape index (κ2) is 21.5. The summed E-state index contributed by atoms with van der Waals surface area (Å²) in [6, 6.07) is 39.2. The molecule has 2 aromatic heterocycles. The van der Waals surface area contributed by atoms with Gasteiger partial charge in [-0.2, -0.15) is 5.10 Å². The van der Waals surface area contributed by atoms with Crippen LogP contribution in [0.4, 0.5) is 9.18 Å². The Balaban J connectivity index is 0.803. The Morgan fingerprint density at radius 2 is 1.49 bits per heavy atom. The Labute approximate surface area is 404 Å². The number of fused-ring (bicyclic) bond motifs is 4. The zero-order valence-electron chi connectivity index (χ0n) is 38.7. The fourth-order valence-electron chi connectivity index (χ4n) is 9.13. The SMILES string of the molecule is CCc1cccc(-c2ccc(C(=O)NCCOCCN(CC(=O)N3CCN(C(=O)c4cc(Cc5n[nH]c(=O)c6ccccc56)ccc4F)CC3)C(=O)OCC3c4ccccc4-c4ccccc43)nc2)c1. The third kappa shape index (κ3) is 10.5. The number of carbonyl (C=O) groups excluding carboxylic acids is 4. The summed E-state index contributed by atoms with van der Waals surface area (Å²) >= 11 is 0. The van der Waals surface area contributed by atoms with Crippen molar-refractivity contribution in [1.82, 2.24) is 35.2 Å². The highest BCUT2D eigenvalue weighted by atomic mass is 19.1. The molecule has 7 aromatic rings.